The Bertz CT molecular complexity index is 103. The Balaban J connectivity index is 3.28. The molecule has 1 nitrogen and oxygen atoms in total. The van der Waals surface area contributed by atoms with Crippen LogP contribution in [0.2, 0.25) is 0 Å². The zero-order valence-electron chi connectivity index (χ0n) is 4.03. The molecule has 0 rings (SSSR count). The van der Waals surface area contributed by atoms with E-state index in [9.17, 15) is 5.11 Å². The van der Waals surface area contributed by atoms with Crippen molar-refractivity contribution in [2.24, 2.45) is 0 Å². The Labute approximate surface area is 43.3 Å². The molecule has 0 aromatic rings. The quantitative estimate of drug-likeness (QED) is 0.350. The van der Waals surface area contributed by atoms with Crippen LogP contribution in [-0.4, -0.2) is 6.61 Å². The Kier molecular flexibility index (Phi) is 4.56. The highest BCUT2D eigenvalue weighted by atomic mass is 16.2. The van der Waals surface area contributed by atoms with Crippen molar-refractivity contribution in [2.75, 3.05) is 6.61 Å². The van der Waals surface area contributed by atoms with Crippen LogP contribution in [-0.2, 0) is 0 Å². The van der Waals surface area contributed by atoms with Crippen LogP contribution >= 0.6 is 0 Å². The summed E-state index contributed by atoms with van der Waals surface area (Å²) in [7, 11) is 0. The van der Waals surface area contributed by atoms with Gasteiger partial charge in [-0.15, -0.1) is 6.61 Å². The largest absolute Gasteiger partial charge is 0.852 e. The van der Waals surface area contributed by atoms with Gasteiger partial charge in [-0.05, 0) is 0 Å². The molecule has 0 radical (unpaired) electrons. The molecule has 0 N–H and O–H groups in total. The molecular formula is C6H6O. The second-order valence-electron chi connectivity index (χ2n) is 0.933. The monoisotopic (exact) mass is 94.0 g/mol. The fraction of sp³-hybridized carbons (Fsp3) is 0.333. The first kappa shape index (κ1) is 6.17. The summed E-state index contributed by atoms with van der Waals surface area (Å²) in [5.74, 6) is 0. The van der Waals surface area contributed by atoms with Gasteiger partial charge in [-0.3, -0.25) is 0 Å². The van der Waals surface area contributed by atoms with E-state index in [2.05, 4.69) is 24.1 Å². The van der Waals surface area contributed by atoms with Gasteiger partial charge in [0.25, 0.3) is 0 Å². The maximum absolute atomic E-state index is 9.65. The van der Waals surface area contributed by atoms with Gasteiger partial charge in [0.2, 0.25) is 5.73 Å². The van der Waals surface area contributed by atoms with Crippen LogP contribution in [0.5, 0.6) is 0 Å². The van der Waals surface area contributed by atoms with Crippen molar-refractivity contribution in [1.29, 1.82) is 0 Å². The maximum Gasteiger partial charge on any atom is 0.214 e. The Morgan fingerprint density at radius 3 is 2.86 bits per heavy atom. The molecule has 0 amide bonds. The lowest BCUT2D eigenvalue weighted by Crippen LogP contribution is -2.02. The van der Waals surface area contributed by atoms with E-state index in [1.54, 1.807) is 0 Å². The summed E-state index contributed by atoms with van der Waals surface area (Å²) < 4.78 is 0. The molecule has 0 aromatic heterocycles. The normalized spacial score (nSPS) is 5.86. The van der Waals surface area contributed by atoms with E-state index in [0.717, 1.165) is 0 Å². The third kappa shape index (κ3) is 5.17. The summed E-state index contributed by atoms with van der Waals surface area (Å²) in [6.45, 7) is 3.10. The first-order valence-electron chi connectivity index (χ1n) is 2.00. The van der Waals surface area contributed by atoms with Crippen LogP contribution in [0.25, 0.3) is 0 Å². The molecule has 0 saturated carbocycles. The molecule has 0 unspecified atom stereocenters. The Morgan fingerprint density at radius 2 is 2.43 bits per heavy atom. The number of hydrogen-bond donors (Lipinski definition) is 0. The van der Waals surface area contributed by atoms with Crippen molar-refractivity contribution in [3.05, 3.63) is 24.1 Å². The summed E-state index contributed by atoms with van der Waals surface area (Å²) in [6.07, 6.45) is 2.95. The van der Waals surface area contributed by atoms with E-state index < -0.39 is 0 Å². The minimum Gasteiger partial charge on any atom is -0.852 e. The van der Waals surface area contributed by atoms with Gasteiger partial charge in [-0.25, -0.2) is 0 Å². The summed E-state index contributed by atoms with van der Waals surface area (Å²) >= 11 is 0. The Hall–Kier alpha value is -0.830. The van der Waals surface area contributed by atoms with Crippen molar-refractivity contribution in [2.45, 2.75) is 6.42 Å². The van der Waals surface area contributed by atoms with Crippen molar-refractivity contribution in [1.82, 2.24) is 0 Å². The van der Waals surface area contributed by atoms with Crippen LogP contribution < -0.4 is 5.11 Å². The van der Waals surface area contributed by atoms with Gasteiger partial charge in [0, 0.05) is 0 Å². The van der Waals surface area contributed by atoms with Crippen LogP contribution in [0.3, 0.4) is 0 Å². The first-order chi connectivity index (χ1) is 3.41. The van der Waals surface area contributed by atoms with Crippen molar-refractivity contribution in [3.8, 4) is 0 Å². The summed E-state index contributed by atoms with van der Waals surface area (Å²) in [5.41, 5.74) is 4.79. The van der Waals surface area contributed by atoms with E-state index in [0.29, 0.717) is 6.42 Å². The molecule has 0 bridgehead atoms. The second kappa shape index (κ2) is 5.17. The molecule has 0 saturated heterocycles. The average Bonchev–Trinajstić information content (AvgIpc) is 1.69. The molecule has 0 fully saturated rings. The standard InChI is InChI=1S/C6H6O/c1-2-3-4-5-6-7/h1,5-6H2. The van der Waals surface area contributed by atoms with E-state index in [1.165, 1.54) is 0 Å². The van der Waals surface area contributed by atoms with E-state index in [-0.39, 0.29) is 6.61 Å². The highest BCUT2D eigenvalue weighted by molar-refractivity contribution is 4.72. The van der Waals surface area contributed by atoms with E-state index in [4.69, 9.17) is 0 Å². The topological polar surface area (TPSA) is 23.1 Å². The minimum atomic E-state index is -0.130. The van der Waals surface area contributed by atoms with Gasteiger partial charge in [-0.2, -0.15) is 0 Å². The Morgan fingerprint density at radius 1 is 1.71 bits per heavy atom. The summed E-state index contributed by atoms with van der Waals surface area (Å²) in [4.78, 5) is 0. The lowest BCUT2D eigenvalue weighted by molar-refractivity contribution is -0.366. The highest BCUT2D eigenvalue weighted by Gasteiger charge is 1.70. The molecule has 0 heterocycles. The molecule has 0 spiro atoms. The third-order valence-electron chi connectivity index (χ3n) is 0.404. The predicted molar refractivity (Wildman–Crippen MR) is 25.4 cm³/mol. The van der Waals surface area contributed by atoms with Gasteiger partial charge >= 0.3 is 0 Å². The smallest absolute Gasteiger partial charge is 0.214 e. The van der Waals surface area contributed by atoms with E-state index >= 15 is 0 Å². The lowest BCUT2D eigenvalue weighted by atomic mass is 10.4. The molecule has 7 heavy (non-hydrogen) atoms. The zero-order chi connectivity index (χ0) is 5.54. The van der Waals surface area contributed by atoms with Gasteiger partial charge in [0.15, 0.2) is 5.73 Å². The molecule has 1 heteroatoms. The molecule has 0 aromatic carbocycles. The lowest BCUT2D eigenvalue weighted by Gasteiger charge is -1.85. The van der Waals surface area contributed by atoms with Crippen molar-refractivity contribution < 1.29 is 5.11 Å². The van der Waals surface area contributed by atoms with Gasteiger partial charge in [0.05, 0.1) is 13.0 Å². The molecular weight excluding hydrogens is 88.1 g/mol. The van der Waals surface area contributed by atoms with E-state index in [1.807, 2.05) is 0 Å². The SMILES string of the molecule is C=C=C=[C+]CC[O-]. The molecule has 0 aliphatic carbocycles. The zero-order valence-corrected chi connectivity index (χ0v) is 4.03. The second-order valence-corrected chi connectivity index (χ2v) is 0.933. The predicted octanol–water partition coefficient (Wildman–Crippen LogP) is 0.0362. The van der Waals surface area contributed by atoms with Gasteiger partial charge in [-0.1, -0.05) is 0 Å². The fourth-order valence-corrected chi connectivity index (χ4v) is 0.176. The fourth-order valence-electron chi connectivity index (χ4n) is 0.176. The summed E-state index contributed by atoms with van der Waals surface area (Å²) in [5, 5.41) is 9.65. The van der Waals surface area contributed by atoms with Gasteiger partial charge < -0.3 is 5.11 Å². The van der Waals surface area contributed by atoms with Crippen LogP contribution in [0.4, 0.5) is 0 Å². The first-order valence-corrected chi connectivity index (χ1v) is 2.00. The average molecular weight is 94.1 g/mol. The third-order valence-corrected chi connectivity index (χ3v) is 0.404. The molecule has 0 atom stereocenters. The minimum absolute atomic E-state index is 0.130. The van der Waals surface area contributed by atoms with Crippen LogP contribution in [0, 0.1) is 6.08 Å². The van der Waals surface area contributed by atoms with Crippen molar-refractivity contribution in [3.63, 3.8) is 0 Å². The molecule has 0 aliphatic heterocycles. The van der Waals surface area contributed by atoms with Gasteiger partial charge in [0.1, 0.15) is 6.08 Å². The molecule has 36 valence electrons. The van der Waals surface area contributed by atoms with Crippen LogP contribution in [0.15, 0.2) is 18.0 Å². The molecule has 0 aliphatic rings. The highest BCUT2D eigenvalue weighted by Crippen LogP contribution is 1.68. The van der Waals surface area contributed by atoms with Crippen molar-refractivity contribution >= 4 is 0 Å². The van der Waals surface area contributed by atoms with Crippen LogP contribution in [0.1, 0.15) is 6.42 Å². The summed E-state index contributed by atoms with van der Waals surface area (Å²) in [6, 6.07) is 0. The maximum atomic E-state index is 9.65. The number of hydrogen-bond acceptors (Lipinski definition) is 1. The number of rotatable bonds is 2.